The first-order valence-electron chi connectivity index (χ1n) is 8.87. The van der Waals surface area contributed by atoms with Gasteiger partial charge in [0, 0.05) is 16.8 Å². The Morgan fingerprint density at radius 3 is 2.43 bits per heavy atom. The lowest BCUT2D eigenvalue weighted by Crippen LogP contribution is -2.54. The fourth-order valence-electron chi connectivity index (χ4n) is 3.23. The summed E-state index contributed by atoms with van der Waals surface area (Å²) in [5, 5.41) is 3.27. The second kappa shape index (κ2) is 7.56. The topological polar surface area (TPSA) is 83.6 Å². The molecule has 1 aliphatic rings. The van der Waals surface area contributed by atoms with Crippen molar-refractivity contribution in [3.8, 4) is 0 Å². The van der Waals surface area contributed by atoms with E-state index in [2.05, 4.69) is 5.32 Å². The lowest BCUT2D eigenvalue weighted by atomic mass is 9.93. The van der Waals surface area contributed by atoms with E-state index < -0.39 is 15.9 Å². The summed E-state index contributed by atoms with van der Waals surface area (Å²) in [6, 6.07) is 10.1. The van der Waals surface area contributed by atoms with Crippen molar-refractivity contribution in [2.24, 2.45) is 5.92 Å². The molecule has 0 saturated heterocycles. The minimum absolute atomic E-state index is 0.0763. The summed E-state index contributed by atoms with van der Waals surface area (Å²) in [6.45, 7) is 3.85. The third kappa shape index (κ3) is 3.77. The van der Waals surface area contributed by atoms with Crippen molar-refractivity contribution in [2.45, 2.75) is 31.2 Å². The Kier molecular flexibility index (Phi) is 5.50. The molecular formula is C20H21ClN2O4S. The van der Waals surface area contributed by atoms with Gasteiger partial charge in [0.1, 0.15) is 6.04 Å². The number of halogens is 1. The highest BCUT2D eigenvalue weighted by Gasteiger charge is 2.40. The maximum Gasteiger partial charge on any atom is 0.259 e. The standard InChI is InChI=1S/C20H21ClN2O4S/c1-4-12(2)18-19(24)22-16-11-15(28(3,26)27)9-10-17(16)23(18)20(25)13-5-7-14(21)8-6-13/h5-12,18H,4H2,1-3H3,(H,22,24)/t12-,18?/m1/s1. The van der Waals surface area contributed by atoms with E-state index in [4.69, 9.17) is 11.6 Å². The summed E-state index contributed by atoms with van der Waals surface area (Å²) in [5.74, 6) is -0.779. The SMILES string of the molecule is CC[C@@H](C)C1C(=O)Nc2cc(S(C)(=O)=O)ccc2N1C(=O)c1ccc(Cl)cc1. The van der Waals surface area contributed by atoms with Gasteiger partial charge in [-0.05, 0) is 48.4 Å². The highest BCUT2D eigenvalue weighted by atomic mass is 35.5. The van der Waals surface area contributed by atoms with Gasteiger partial charge in [-0.1, -0.05) is 31.9 Å². The molecule has 3 rings (SSSR count). The fraction of sp³-hybridized carbons (Fsp3) is 0.300. The zero-order valence-corrected chi connectivity index (χ0v) is 17.3. The van der Waals surface area contributed by atoms with Crippen LogP contribution in [-0.2, 0) is 14.6 Å². The van der Waals surface area contributed by atoms with Gasteiger partial charge in [-0.2, -0.15) is 0 Å². The van der Waals surface area contributed by atoms with Crippen LogP contribution in [0.25, 0.3) is 0 Å². The monoisotopic (exact) mass is 420 g/mol. The van der Waals surface area contributed by atoms with E-state index in [-0.39, 0.29) is 22.6 Å². The second-order valence-electron chi connectivity index (χ2n) is 6.95. The number of hydrogen-bond acceptors (Lipinski definition) is 4. The van der Waals surface area contributed by atoms with Gasteiger partial charge in [0.2, 0.25) is 5.91 Å². The molecule has 0 radical (unpaired) electrons. The Labute approximate surface area is 169 Å². The molecule has 28 heavy (non-hydrogen) atoms. The molecule has 1 aliphatic heterocycles. The van der Waals surface area contributed by atoms with Gasteiger partial charge >= 0.3 is 0 Å². The summed E-state index contributed by atoms with van der Waals surface area (Å²) < 4.78 is 23.8. The number of anilines is 2. The van der Waals surface area contributed by atoms with Crippen LogP contribution < -0.4 is 10.2 Å². The Bertz CT molecular complexity index is 1030. The predicted molar refractivity (Wildman–Crippen MR) is 110 cm³/mol. The third-order valence-electron chi connectivity index (χ3n) is 4.95. The lowest BCUT2D eigenvalue weighted by Gasteiger charge is -2.39. The molecule has 8 heteroatoms. The smallest absolute Gasteiger partial charge is 0.259 e. The van der Waals surface area contributed by atoms with Crippen LogP contribution in [-0.4, -0.2) is 32.5 Å². The average molecular weight is 421 g/mol. The first-order valence-corrected chi connectivity index (χ1v) is 11.1. The van der Waals surface area contributed by atoms with E-state index in [0.717, 1.165) is 6.26 Å². The van der Waals surface area contributed by atoms with Crippen LogP contribution in [0.4, 0.5) is 11.4 Å². The summed E-state index contributed by atoms with van der Waals surface area (Å²) >= 11 is 5.92. The van der Waals surface area contributed by atoms with Crippen molar-refractivity contribution in [2.75, 3.05) is 16.5 Å². The van der Waals surface area contributed by atoms with Crippen molar-refractivity contribution in [3.05, 3.63) is 53.1 Å². The number of hydrogen-bond donors (Lipinski definition) is 1. The van der Waals surface area contributed by atoms with Gasteiger partial charge in [-0.15, -0.1) is 0 Å². The van der Waals surface area contributed by atoms with Crippen molar-refractivity contribution < 1.29 is 18.0 Å². The van der Waals surface area contributed by atoms with Crippen molar-refractivity contribution in [3.63, 3.8) is 0 Å². The predicted octanol–water partition coefficient (Wildman–Crippen LogP) is 3.76. The van der Waals surface area contributed by atoms with E-state index >= 15 is 0 Å². The van der Waals surface area contributed by atoms with Crippen LogP contribution in [0.2, 0.25) is 5.02 Å². The van der Waals surface area contributed by atoms with Crippen LogP contribution in [0.15, 0.2) is 47.4 Å². The number of sulfone groups is 1. The first kappa shape index (κ1) is 20.4. The van der Waals surface area contributed by atoms with Crippen LogP contribution in [0.1, 0.15) is 30.6 Å². The summed E-state index contributed by atoms with van der Waals surface area (Å²) in [6.07, 6.45) is 1.79. The van der Waals surface area contributed by atoms with Gasteiger partial charge in [0.25, 0.3) is 5.91 Å². The first-order chi connectivity index (χ1) is 13.1. The average Bonchev–Trinajstić information content (AvgIpc) is 2.65. The molecule has 1 heterocycles. The van der Waals surface area contributed by atoms with Gasteiger partial charge < -0.3 is 5.32 Å². The van der Waals surface area contributed by atoms with E-state index in [1.165, 1.54) is 17.0 Å². The quantitative estimate of drug-likeness (QED) is 0.816. The van der Waals surface area contributed by atoms with E-state index in [0.29, 0.717) is 28.4 Å². The Morgan fingerprint density at radius 1 is 1.21 bits per heavy atom. The largest absolute Gasteiger partial charge is 0.322 e. The third-order valence-corrected chi connectivity index (χ3v) is 6.32. The highest BCUT2D eigenvalue weighted by molar-refractivity contribution is 7.90. The molecule has 0 saturated carbocycles. The van der Waals surface area contributed by atoms with E-state index in [1.807, 2.05) is 13.8 Å². The second-order valence-corrected chi connectivity index (χ2v) is 9.40. The number of rotatable bonds is 4. The number of nitrogens with one attached hydrogen (secondary N) is 1. The molecule has 2 atom stereocenters. The number of amides is 2. The maximum atomic E-state index is 13.3. The van der Waals surface area contributed by atoms with E-state index in [9.17, 15) is 18.0 Å². The molecule has 2 aromatic carbocycles. The van der Waals surface area contributed by atoms with Crippen LogP contribution in [0, 0.1) is 5.92 Å². The van der Waals surface area contributed by atoms with Crippen LogP contribution in [0.3, 0.4) is 0 Å². The Hall–Kier alpha value is -2.38. The molecule has 0 aliphatic carbocycles. The Balaban J connectivity index is 2.16. The van der Waals surface area contributed by atoms with Gasteiger partial charge in [0.05, 0.1) is 16.3 Å². The fourth-order valence-corrected chi connectivity index (χ4v) is 4.01. The molecule has 1 unspecified atom stereocenters. The van der Waals surface area contributed by atoms with Crippen LogP contribution in [0.5, 0.6) is 0 Å². The summed E-state index contributed by atoms with van der Waals surface area (Å²) in [4.78, 5) is 27.7. The molecule has 2 aromatic rings. The zero-order valence-electron chi connectivity index (χ0n) is 15.8. The van der Waals surface area contributed by atoms with Crippen molar-refractivity contribution >= 4 is 44.6 Å². The highest BCUT2D eigenvalue weighted by Crippen LogP contribution is 2.37. The molecule has 0 aromatic heterocycles. The molecule has 6 nitrogen and oxygen atoms in total. The lowest BCUT2D eigenvalue weighted by molar-refractivity contribution is -0.118. The number of carbonyl (C=O) groups excluding carboxylic acids is 2. The zero-order chi connectivity index (χ0) is 20.6. The molecular weight excluding hydrogens is 400 g/mol. The summed E-state index contributed by atoms with van der Waals surface area (Å²) in [5.41, 5.74) is 1.16. The van der Waals surface area contributed by atoms with Gasteiger partial charge in [-0.3, -0.25) is 14.5 Å². The molecule has 0 fully saturated rings. The molecule has 0 spiro atoms. The van der Waals surface area contributed by atoms with Crippen molar-refractivity contribution in [1.29, 1.82) is 0 Å². The number of carbonyl (C=O) groups is 2. The molecule has 2 amide bonds. The molecule has 148 valence electrons. The molecule has 1 N–H and O–H groups in total. The Morgan fingerprint density at radius 2 is 1.86 bits per heavy atom. The number of benzene rings is 2. The normalized spacial score (nSPS) is 17.6. The van der Waals surface area contributed by atoms with Gasteiger partial charge in [-0.25, -0.2) is 8.42 Å². The van der Waals surface area contributed by atoms with Gasteiger partial charge in [0.15, 0.2) is 9.84 Å². The van der Waals surface area contributed by atoms with Crippen molar-refractivity contribution in [1.82, 2.24) is 0 Å². The van der Waals surface area contributed by atoms with E-state index in [1.54, 1.807) is 30.3 Å². The number of fused-ring (bicyclic) bond motifs is 1. The minimum atomic E-state index is -3.45. The minimum Gasteiger partial charge on any atom is -0.322 e. The number of nitrogens with zero attached hydrogens (tertiary/aromatic N) is 1. The summed E-state index contributed by atoms with van der Waals surface area (Å²) in [7, 11) is -3.45. The molecule has 0 bridgehead atoms. The van der Waals surface area contributed by atoms with Crippen LogP contribution >= 0.6 is 11.6 Å². The maximum absolute atomic E-state index is 13.3.